The van der Waals surface area contributed by atoms with Gasteiger partial charge >= 0.3 is 0 Å². The molecule has 6 nitrogen and oxygen atoms in total. The molecule has 0 radical (unpaired) electrons. The summed E-state index contributed by atoms with van der Waals surface area (Å²) in [6, 6.07) is 11.6. The number of amides is 1. The van der Waals surface area contributed by atoms with Gasteiger partial charge in [-0.05, 0) is 30.3 Å². The molecule has 26 heavy (non-hydrogen) atoms. The average Bonchev–Trinajstić information content (AvgIpc) is 2.65. The second-order valence-electron chi connectivity index (χ2n) is 6.28. The van der Waals surface area contributed by atoms with Crippen LogP contribution in [0.15, 0.2) is 42.5 Å². The highest BCUT2D eigenvalue weighted by Gasteiger charge is 2.19. The molecular weight excluding hydrogens is 335 g/mol. The van der Waals surface area contributed by atoms with Crippen LogP contribution >= 0.6 is 0 Å². The van der Waals surface area contributed by atoms with Crippen molar-refractivity contribution in [2.24, 2.45) is 0 Å². The number of ether oxygens (including phenoxy) is 1. The molecule has 7 heteroatoms. The van der Waals surface area contributed by atoms with Gasteiger partial charge in [-0.3, -0.25) is 14.6 Å². The molecule has 1 aromatic carbocycles. The molecule has 138 valence electrons. The lowest BCUT2D eigenvalue weighted by Gasteiger charge is -2.34. The second kappa shape index (κ2) is 8.73. The Labute approximate surface area is 152 Å². The number of pyridine rings is 1. The Morgan fingerprint density at radius 3 is 2.50 bits per heavy atom. The van der Waals surface area contributed by atoms with Crippen molar-refractivity contribution in [2.45, 2.75) is 6.54 Å². The van der Waals surface area contributed by atoms with E-state index in [-0.39, 0.29) is 11.7 Å². The van der Waals surface area contributed by atoms with Gasteiger partial charge in [0.05, 0.1) is 19.3 Å². The maximum absolute atomic E-state index is 12.9. The predicted octanol–water partition coefficient (Wildman–Crippen LogP) is 1.99. The highest BCUT2D eigenvalue weighted by atomic mass is 19.1. The van der Waals surface area contributed by atoms with Crippen molar-refractivity contribution in [1.29, 1.82) is 0 Å². The molecule has 0 aliphatic carbocycles. The summed E-state index contributed by atoms with van der Waals surface area (Å²) < 4.78 is 18.1. The van der Waals surface area contributed by atoms with Crippen LogP contribution in [0.5, 0.6) is 5.88 Å². The van der Waals surface area contributed by atoms with Crippen molar-refractivity contribution in [1.82, 2.24) is 14.8 Å². The van der Waals surface area contributed by atoms with Gasteiger partial charge < -0.3 is 10.1 Å². The lowest BCUT2D eigenvalue weighted by Crippen LogP contribution is -2.48. The van der Waals surface area contributed by atoms with E-state index in [1.165, 1.54) is 12.1 Å². The maximum atomic E-state index is 12.9. The van der Waals surface area contributed by atoms with E-state index in [1.54, 1.807) is 19.2 Å². The van der Waals surface area contributed by atoms with E-state index in [0.717, 1.165) is 38.4 Å². The molecular formula is C19H23FN4O2. The van der Waals surface area contributed by atoms with Gasteiger partial charge in [-0.1, -0.05) is 6.07 Å². The zero-order valence-electron chi connectivity index (χ0n) is 14.8. The van der Waals surface area contributed by atoms with Crippen LogP contribution in [0, 0.1) is 5.82 Å². The van der Waals surface area contributed by atoms with E-state index < -0.39 is 0 Å². The van der Waals surface area contributed by atoms with E-state index in [4.69, 9.17) is 4.74 Å². The van der Waals surface area contributed by atoms with Crippen LogP contribution in [-0.4, -0.2) is 60.5 Å². The summed E-state index contributed by atoms with van der Waals surface area (Å²) in [5.41, 5.74) is 1.59. The molecule has 0 bridgehead atoms. The standard InChI is InChI=1S/C19H23FN4O2/c1-26-19-4-2-3-17(22-19)13-23-9-11-24(12-10-23)14-18(25)21-16-7-5-15(20)6-8-16/h2-8H,9-14H2,1H3,(H,21,25). The van der Waals surface area contributed by atoms with Crippen molar-refractivity contribution in [3.8, 4) is 5.88 Å². The lowest BCUT2D eigenvalue weighted by atomic mass is 10.2. The molecule has 1 aliphatic heterocycles. The van der Waals surface area contributed by atoms with Crippen LogP contribution in [0.3, 0.4) is 0 Å². The third kappa shape index (κ3) is 5.24. The smallest absolute Gasteiger partial charge is 0.238 e. The third-order valence-corrected chi connectivity index (χ3v) is 4.34. The number of halogens is 1. The molecule has 0 atom stereocenters. The fraction of sp³-hybridized carbons (Fsp3) is 0.368. The Morgan fingerprint density at radius 1 is 1.12 bits per heavy atom. The number of benzene rings is 1. The molecule has 1 fully saturated rings. The van der Waals surface area contributed by atoms with Crippen molar-refractivity contribution < 1.29 is 13.9 Å². The largest absolute Gasteiger partial charge is 0.481 e. The highest BCUT2D eigenvalue weighted by Crippen LogP contribution is 2.12. The van der Waals surface area contributed by atoms with Gasteiger partial charge in [0.15, 0.2) is 0 Å². The number of piperazine rings is 1. The first-order valence-electron chi connectivity index (χ1n) is 8.62. The summed E-state index contributed by atoms with van der Waals surface area (Å²) in [6.07, 6.45) is 0. The fourth-order valence-electron chi connectivity index (χ4n) is 2.93. The van der Waals surface area contributed by atoms with Gasteiger partial charge in [-0.2, -0.15) is 0 Å². The Kier molecular flexibility index (Phi) is 6.14. The van der Waals surface area contributed by atoms with Crippen LogP contribution in [0.25, 0.3) is 0 Å². The number of nitrogens with zero attached hydrogens (tertiary/aromatic N) is 3. The Bertz CT molecular complexity index is 731. The molecule has 1 aromatic heterocycles. The molecule has 0 unspecified atom stereocenters. The quantitative estimate of drug-likeness (QED) is 0.856. The Balaban J connectivity index is 1.43. The number of hydrogen-bond acceptors (Lipinski definition) is 5. The highest BCUT2D eigenvalue weighted by molar-refractivity contribution is 5.92. The first-order valence-corrected chi connectivity index (χ1v) is 8.62. The zero-order chi connectivity index (χ0) is 18.4. The van der Waals surface area contributed by atoms with Gasteiger partial charge in [-0.15, -0.1) is 0 Å². The number of rotatable bonds is 6. The Morgan fingerprint density at radius 2 is 1.81 bits per heavy atom. The van der Waals surface area contributed by atoms with Crippen molar-refractivity contribution in [3.05, 3.63) is 54.0 Å². The topological polar surface area (TPSA) is 57.7 Å². The molecule has 2 aromatic rings. The van der Waals surface area contributed by atoms with Crippen LogP contribution in [0.4, 0.5) is 10.1 Å². The lowest BCUT2D eigenvalue weighted by molar-refractivity contribution is -0.117. The van der Waals surface area contributed by atoms with E-state index in [0.29, 0.717) is 18.1 Å². The first kappa shape index (κ1) is 18.3. The van der Waals surface area contributed by atoms with Crippen molar-refractivity contribution >= 4 is 11.6 Å². The maximum Gasteiger partial charge on any atom is 0.238 e. The summed E-state index contributed by atoms with van der Waals surface area (Å²) >= 11 is 0. The number of anilines is 1. The molecule has 1 aliphatic rings. The van der Waals surface area contributed by atoms with Gasteiger partial charge in [0, 0.05) is 44.5 Å². The van der Waals surface area contributed by atoms with Gasteiger partial charge in [0.1, 0.15) is 5.82 Å². The normalized spacial score (nSPS) is 15.6. The number of nitrogens with one attached hydrogen (secondary N) is 1. The van der Waals surface area contributed by atoms with E-state index in [1.807, 2.05) is 18.2 Å². The molecule has 2 heterocycles. The van der Waals surface area contributed by atoms with Crippen molar-refractivity contribution in [3.63, 3.8) is 0 Å². The number of carbonyl (C=O) groups excluding carboxylic acids is 1. The summed E-state index contributed by atoms with van der Waals surface area (Å²) in [5, 5.41) is 2.80. The van der Waals surface area contributed by atoms with E-state index in [9.17, 15) is 9.18 Å². The first-order chi connectivity index (χ1) is 12.6. The molecule has 0 spiro atoms. The predicted molar refractivity (Wildman–Crippen MR) is 97.5 cm³/mol. The molecule has 3 rings (SSSR count). The van der Waals surface area contributed by atoms with Crippen LogP contribution < -0.4 is 10.1 Å². The summed E-state index contributed by atoms with van der Waals surface area (Å²) in [7, 11) is 1.61. The molecule has 1 saturated heterocycles. The van der Waals surface area contributed by atoms with Crippen LogP contribution in [0.1, 0.15) is 5.69 Å². The minimum atomic E-state index is -0.315. The summed E-state index contributed by atoms with van der Waals surface area (Å²) in [6.45, 7) is 4.50. The Hall–Kier alpha value is -2.51. The fourth-order valence-corrected chi connectivity index (χ4v) is 2.93. The van der Waals surface area contributed by atoms with Crippen LogP contribution in [-0.2, 0) is 11.3 Å². The van der Waals surface area contributed by atoms with Gasteiger partial charge in [0.25, 0.3) is 0 Å². The third-order valence-electron chi connectivity index (χ3n) is 4.34. The minimum Gasteiger partial charge on any atom is -0.481 e. The monoisotopic (exact) mass is 358 g/mol. The number of methoxy groups -OCH3 is 1. The van der Waals surface area contributed by atoms with E-state index in [2.05, 4.69) is 20.1 Å². The summed E-state index contributed by atoms with van der Waals surface area (Å²) in [4.78, 5) is 21.0. The zero-order valence-corrected chi connectivity index (χ0v) is 14.8. The average molecular weight is 358 g/mol. The van der Waals surface area contributed by atoms with Gasteiger partial charge in [0.2, 0.25) is 11.8 Å². The van der Waals surface area contributed by atoms with Gasteiger partial charge in [-0.25, -0.2) is 9.37 Å². The van der Waals surface area contributed by atoms with E-state index >= 15 is 0 Å². The minimum absolute atomic E-state index is 0.0838. The molecule has 1 amide bonds. The van der Waals surface area contributed by atoms with Crippen LogP contribution in [0.2, 0.25) is 0 Å². The molecule has 0 saturated carbocycles. The van der Waals surface area contributed by atoms with Crippen molar-refractivity contribution in [2.75, 3.05) is 45.2 Å². The number of aromatic nitrogens is 1. The molecule has 1 N–H and O–H groups in total. The second-order valence-corrected chi connectivity index (χ2v) is 6.28. The number of hydrogen-bond donors (Lipinski definition) is 1. The number of carbonyl (C=O) groups is 1. The summed E-state index contributed by atoms with van der Waals surface area (Å²) in [5.74, 6) is 0.225. The SMILES string of the molecule is COc1cccc(CN2CCN(CC(=O)Nc3ccc(F)cc3)CC2)n1.